The Kier molecular flexibility index (Phi) is 4.30. The third-order valence-electron chi connectivity index (χ3n) is 4.10. The summed E-state index contributed by atoms with van der Waals surface area (Å²) in [5.74, 6) is 0. The average Bonchev–Trinajstić information content (AvgIpc) is 2.62. The Morgan fingerprint density at radius 3 is 2.94 bits per heavy atom. The second-order valence-corrected chi connectivity index (χ2v) is 5.13. The van der Waals surface area contributed by atoms with Crippen LogP contribution in [0.3, 0.4) is 0 Å². The minimum Gasteiger partial charge on any atom is -0.400 e. The van der Waals surface area contributed by atoms with Gasteiger partial charge in [-0.1, -0.05) is 12.4 Å². The first-order valence-electron chi connectivity index (χ1n) is 6.36. The number of nitrogens with one attached hydrogen (secondary N) is 1. The molecule has 93 valence electrons. The summed E-state index contributed by atoms with van der Waals surface area (Å²) >= 11 is 0. The molecule has 18 heavy (non-hydrogen) atoms. The summed E-state index contributed by atoms with van der Waals surface area (Å²) in [4.78, 5) is 0. The smallest absolute Gasteiger partial charge is 0.0108 e. The molecule has 3 rings (SSSR count). The Balaban J connectivity index is 0.00000120. The zero-order valence-corrected chi connectivity index (χ0v) is 14.2. The third-order valence-corrected chi connectivity index (χ3v) is 4.10. The number of benzene rings is 1. The molecule has 0 spiro atoms. The van der Waals surface area contributed by atoms with Crippen molar-refractivity contribution < 1.29 is 32.7 Å². The van der Waals surface area contributed by atoms with Crippen LogP contribution in [-0.2, 0) is 52.6 Å². The first kappa shape index (κ1) is 14.2. The summed E-state index contributed by atoms with van der Waals surface area (Å²) in [6.07, 6.45) is 3.59. The minimum absolute atomic E-state index is 0. The van der Waals surface area contributed by atoms with Gasteiger partial charge >= 0.3 is 0 Å². The molecule has 0 amide bonds. The summed E-state index contributed by atoms with van der Waals surface area (Å²) in [6, 6.07) is 8.37. The standard InChI is InChI=1S/C15H19N2.Y/c1-10-4-6-14-12(8-10)13-9-11(16-2)5-7-15(13)17(14)3;/h6,8,11,16H,5,7,9H2,1-3H3;/q-1;. The van der Waals surface area contributed by atoms with Gasteiger partial charge in [0.05, 0.1) is 0 Å². The number of fused-ring (bicyclic) bond motifs is 3. The monoisotopic (exact) mass is 316 g/mol. The zero-order chi connectivity index (χ0) is 12.0. The van der Waals surface area contributed by atoms with Gasteiger partial charge in [0.15, 0.2) is 0 Å². The number of aromatic nitrogens is 1. The van der Waals surface area contributed by atoms with E-state index in [1.807, 2.05) is 0 Å². The van der Waals surface area contributed by atoms with E-state index in [2.05, 4.69) is 49.1 Å². The fourth-order valence-electron chi connectivity index (χ4n) is 3.07. The van der Waals surface area contributed by atoms with Crippen molar-refractivity contribution in [3.63, 3.8) is 0 Å². The predicted octanol–water partition coefficient (Wildman–Crippen LogP) is 2.36. The molecule has 0 saturated carbocycles. The van der Waals surface area contributed by atoms with E-state index in [1.54, 1.807) is 5.56 Å². The van der Waals surface area contributed by atoms with Crippen molar-refractivity contribution in [2.75, 3.05) is 7.05 Å². The minimum atomic E-state index is 0. The molecule has 1 unspecified atom stereocenters. The van der Waals surface area contributed by atoms with Gasteiger partial charge in [-0.05, 0) is 38.9 Å². The molecule has 1 aromatic carbocycles. The molecular weight excluding hydrogens is 297 g/mol. The number of hydrogen-bond donors (Lipinski definition) is 1. The topological polar surface area (TPSA) is 17.0 Å². The molecule has 2 nitrogen and oxygen atoms in total. The van der Waals surface area contributed by atoms with Crippen LogP contribution in [0.25, 0.3) is 10.9 Å². The Labute approximate surface area is 134 Å². The molecule has 0 fully saturated rings. The first-order valence-corrected chi connectivity index (χ1v) is 6.36. The van der Waals surface area contributed by atoms with Crippen molar-refractivity contribution >= 4 is 10.9 Å². The van der Waals surface area contributed by atoms with Gasteiger partial charge in [-0.15, -0.1) is 5.39 Å². The van der Waals surface area contributed by atoms with Crippen LogP contribution < -0.4 is 5.32 Å². The van der Waals surface area contributed by atoms with Crippen LogP contribution in [0.15, 0.2) is 12.1 Å². The first-order chi connectivity index (χ1) is 8.20. The fraction of sp³-hybridized carbons (Fsp3) is 0.467. The van der Waals surface area contributed by atoms with E-state index in [0.29, 0.717) is 6.04 Å². The largest absolute Gasteiger partial charge is 0.400 e. The maximum absolute atomic E-state index is 3.42. The summed E-state index contributed by atoms with van der Waals surface area (Å²) < 4.78 is 2.35. The van der Waals surface area contributed by atoms with Crippen LogP contribution in [0.2, 0.25) is 0 Å². The van der Waals surface area contributed by atoms with Gasteiger partial charge in [0, 0.05) is 44.4 Å². The van der Waals surface area contributed by atoms with Crippen LogP contribution in [-0.4, -0.2) is 17.7 Å². The Hall–Kier alpha value is -0.176. The zero-order valence-electron chi connectivity index (χ0n) is 11.4. The van der Waals surface area contributed by atoms with E-state index >= 15 is 0 Å². The van der Waals surface area contributed by atoms with E-state index in [0.717, 1.165) is 6.42 Å². The Morgan fingerprint density at radius 2 is 2.22 bits per heavy atom. The quantitative estimate of drug-likeness (QED) is 0.799. The maximum atomic E-state index is 3.42. The number of rotatable bonds is 1. The summed E-state index contributed by atoms with van der Waals surface area (Å²) in [6.45, 7) is 2.12. The van der Waals surface area contributed by atoms with Crippen LogP contribution >= 0.6 is 0 Å². The number of nitrogens with zero attached hydrogens (tertiary/aromatic N) is 1. The molecule has 1 aromatic heterocycles. The molecule has 0 saturated heterocycles. The van der Waals surface area contributed by atoms with Crippen LogP contribution in [0.1, 0.15) is 23.2 Å². The van der Waals surface area contributed by atoms with Crippen LogP contribution in [0.5, 0.6) is 0 Å². The van der Waals surface area contributed by atoms with E-state index < -0.39 is 0 Å². The third kappa shape index (κ3) is 2.19. The average molecular weight is 316 g/mol. The fourth-order valence-corrected chi connectivity index (χ4v) is 3.07. The van der Waals surface area contributed by atoms with Crippen molar-refractivity contribution in [2.45, 2.75) is 32.2 Å². The SMILES string of the molecule is CNC1CCc2c(c3cc(C)[c-]cc3n2C)C1.[Y]. The van der Waals surface area contributed by atoms with E-state index in [-0.39, 0.29) is 32.7 Å². The van der Waals surface area contributed by atoms with Crippen LogP contribution in [0.4, 0.5) is 0 Å². The van der Waals surface area contributed by atoms with Gasteiger partial charge in [0.1, 0.15) is 0 Å². The number of likely N-dealkylation sites (N-methyl/N-ethyl adjacent to an activating group) is 1. The van der Waals surface area contributed by atoms with E-state index in [1.165, 1.54) is 35.0 Å². The molecule has 1 N–H and O–H groups in total. The maximum Gasteiger partial charge on any atom is 0.0108 e. The van der Waals surface area contributed by atoms with Crippen LogP contribution in [0, 0.1) is 13.0 Å². The molecule has 2 aromatic rings. The molecule has 1 heterocycles. The molecule has 0 bridgehead atoms. The molecule has 1 radical (unpaired) electrons. The number of hydrogen-bond acceptors (Lipinski definition) is 1. The molecule has 1 aliphatic rings. The Morgan fingerprint density at radius 1 is 1.44 bits per heavy atom. The van der Waals surface area contributed by atoms with Gasteiger partial charge in [-0.25, -0.2) is 0 Å². The van der Waals surface area contributed by atoms with E-state index in [4.69, 9.17) is 0 Å². The van der Waals surface area contributed by atoms with Crippen molar-refractivity contribution in [2.24, 2.45) is 7.05 Å². The second-order valence-electron chi connectivity index (χ2n) is 5.13. The molecule has 0 aliphatic heterocycles. The van der Waals surface area contributed by atoms with Gasteiger partial charge < -0.3 is 9.88 Å². The normalized spacial score (nSPS) is 18.5. The van der Waals surface area contributed by atoms with Gasteiger partial charge in [-0.3, -0.25) is 0 Å². The second kappa shape index (κ2) is 5.44. The van der Waals surface area contributed by atoms with Gasteiger partial charge in [-0.2, -0.15) is 23.8 Å². The van der Waals surface area contributed by atoms with Crippen molar-refractivity contribution in [1.29, 1.82) is 0 Å². The molecule has 1 aliphatic carbocycles. The summed E-state index contributed by atoms with van der Waals surface area (Å²) in [5, 5.41) is 4.85. The summed E-state index contributed by atoms with van der Waals surface area (Å²) in [5.41, 5.74) is 5.63. The van der Waals surface area contributed by atoms with Gasteiger partial charge in [0.25, 0.3) is 0 Å². The molecular formula is C15H19N2Y-. The van der Waals surface area contributed by atoms with Crippen molar-refractivity contribution in [3.05, 3.63) is 35.0 Å². The van der Waals surface area contributed by atoms with Crippen molar-refractivity contribution in [3.8, 4) is 0 Å². The predicted molar refractivity (Wildman–Crippen MR) is 71.4 cm³/mol. The van der Waals surface area contributed by atoms with E-state index in [9.17, 15) is 0 Å². The van der Waals surface area contributed by atoms with Crippen molar-refractivity contribution in [1.82, 2.24) is 9.88 Å². The molecule has 3 heteroatoms. The Bertz CT molecular complexity index is 571. The summed E-state index contributed by atoms with van der Waals surface area (Å²) in [7, 11) is 4.25. The molecule has 1 atom stereocenters. The number of aryl methyl sites for hydroxylation is 2. The van der Waals surface area contributed by atoms with Gasteiger partial charge in [0.2, 0.25) is 0 Å².